The maximum Gasteiger partial charge on any atom is 0.269 e. The second kappa shape index (κ2) is 6.07. The number of hydrogen-bond acceptors (Lipinski definition) is 3. The number of carbonyl (C=O) groups excluding carboxylic acids is 1. The highest BCUT2D eigenvalue weighted by Crippen LogP contribution is 2.24. The fourth-order valence-corrected chi connectivity index (χ4v) is 2.27. The zero-order chi connectivity index (χ0) is 14.7. The summed E-state index contributed by atoms with van der Waals surface area (Å²) in [7, 11) is 0. The SMILES string of the molecule is CCNC(C)c1ccc(-n2ccc(C(N)=O)n2)c(Cl)c1. The number of benzene rings is 1. The van der Waals surface area contributed by atoms with Crippen molar-refractivity contribution in [2.45, 2.75) is 19.9 Å². The first-order valence-electron chi connectivity index (χ1n) is 6.41. The van der Waals surface area contributed by atoms with Crippen LogP contribution in [0.3, 0.4) is 0 Å². The van der Waals surface area contributed by atoms with Gasteiger partial charge < -0.3 is 11.1 Å². The van der Waals surface area contributed by atoms with Crippen molar-refractivity contribution in [2.24, 2.45) is 5.73 Å². The summed E-state index contributed by atoms with van der Waals surface area (Å²) in [6, 6.07) is 7.55. The summed E-state index contributed by atoms with van der Waals surface area (Å²) in [4.78, 5) is 11.1. The monoisotopic (exact) mass is 292 g/mol. The van der Waals surface area contributed by atoms with Crippen molar-refractivity contribution in [1.29, 1.82) is 0 Å². The molecule has 5 nitrogen and oxygen atoms in total. The van der Waals surface area contributed by atoms with E-state index >= 15 is 0 Å². The number of rotatable bonds is 5. The smallest absolute Gasteiger partial charge is 0.269 e. The van der Waals surface area contributed by atoms with Crippen molar-refractivity contribution >= 4 is 17.5 Å². The van der Waals surface area contributed by atoms with E-state index in [0.717, 1.165) is 12.1 Å². The van der Waals surface area contributed by atoms with Crippen molar-refractivity contribution in [3.8, 4) is 5.69 Å². The van der Waals surface area contributed by atoms with Crippen LogP contribution in [0.1, 0.15) is 35.9 Å². The molecule has 0 saturated heterocycles. The minimum Gasteiger partial charge on any atom is -0.364 e. The van der Waals surface area contributed by atoms with Crippen molar-refractivity contribution < 1.29 is 4.79 Å². The fraction of sp³-hybridized carbons (Fsp3) is 0.286. The highest BCUT2D eigenvalue weighted by molar-refractivity contribution is 6.32. The summed E-state index contributed by atoms with van der Waals surface area (Å²) in [5, 5.41) is 7.99. The lowest BCUT2D eigenvalue weighted by Gasteiger charge is -2.14. The molecule has 2 aromatic rings. The first kappa shape index (κ1) is 14.6. The molecule has 1 amide bonds. The van der Waals surface area contributed by atoms with E-state index in [0.29, 0.717) is 10.7 Å². The van der Waals surface area contributed by atoms with Crippen molar-refractivity contribution in [1.82, 2.24) is 15.1 Å². The molecule has 3 N–H and O–H groups in total. The molecule has 0 saturated carbocycles. The minimum atomic E-state index is -0.558. The lowest BCUT2D eigenvalue weighted by molar-refractivity contribution is 0.0995. The largest absolute Gasteiger partial charge is 0.364 e. The van der Waals surface area contributed by atoms with Crippen LogP contribution >= 0.6 is 11.6 Å². The molecule has 1 unspecified atom stereocenters. The number of primary amides is 1. The van der Waals surface area contributed by atoms with E-state index in [1.165, 1.54) is 0 Å². The third kappa shape index (κ3) is 3.00. The fourth-order valence-electron chi connectivity index (χ4n) is 1.99. The summed E-state index contributed by atoms with van der Waals surface area (Å²) < 4.78 is 1.55. The van der Waals surface area contributed by atoms with Crippen LogP contribution in [0.4, 0.5) is 0 Å². The Bertz CT molecular complexity index is 623. The average molecular weight is 293 g/mol. The van der Waals surface area contributed by atoms with E-state index in [-0.39, 0.29) is 11.7 Å². The Labute approximate surface area is 122 Å². The quantitative estimate of drug-likeness (QED) is 0.888. The van der Waals surface area contributed by atoms with Crippen molar-refractivity contribution in [3.05, 3.63) is 46.7 Å². The standard InChI is InChI=1S/C14H17ClN4O/c1-3-17-9(2)10-4-5-13(11(15)8-10)19-7-6-12(18-19)14(16)20/h4-9,17H,3H2,1-2H3,(H2,16,20). The van der Waals surface area contributed by atoms with Gasteiger partial charge in [-0.2, -0.15) is 5.10 Å². The van der Waals surface area contributed by atoms with E-state index in [2.05, 4.69) is 24.3 Å². The number of carbonyl (C=O) groups is 1. The van der Waals surface area contributed by atoms with Crippen LogP contribution in [-0.2, 0) is 0 Å². The molecule has 1 aromatic carbocycles. The molecule has 0 aliphatic carbocycles. The number of nitrogens with two attached hydrogens (primary N) is 1. The number of halogens is 1. The Morgan fingerprint density at radius 3 is 2.80 bits per heavy atom. The first-order valence-corrected chi connectivity index (χ1v) is 6.79. The predicted octanol–water partition coefficient (Wildman–Crippen LogP) is 2.30. The summed E-state index contributed by atoms with van der Waals surface area (Å²) >= 11 is 6.29. The van der Waals surface area contributed by atoms with Crippen LogP contribution < -0.4 is 11.1 Å². The third-order valence-electron chi connectivity index (χ3n) is 3.07. The Morgan fingerprint density at radius 2 is 2.25 bits per heavy atom. The predicted molar refractivity (Wildman–Crippen MR) is 79.2 cm³/mol. The number of nitrogens with zero attached hydrogens (tertiary/aromatic N) is 2. The van der Waals surface area contributed by atoms with Crippen molar-refractivity contribution in [2.75, 3.05) is 6.54 Å². The normalized spacial score (nSPS) is 12.3. The molecule has 1 atom stereocenters. The molecule has 1 aromatic heterocycles. The topological polar surface area (TPSA) is 72.9 Å². The lowest BCUT2D eigenvalue weighted by atomic mass is 10.1. The lowest BCUT2D eigenvalue weighted by Crippen LogP contribution is -2.17. The van der Waals surface area contributed by atoms with E-state index in [1.807, 2.05) is 18.2 Å². The molecule has 106 valence electrons. The highest BCUT2D eigenvalue weighted by Gasteiger charge is 2.11. The van der Waals surface area contributed by atoms with E-state index in [4.69, 9.17) is 17.3 Å². The van der Waals surface area contributed by atoms with Gasteiger partial charge in [-0.05, 0) is 37.2 Å². The van der Waals surface area contributed by atoms with Crippen LogP contribution in [0.5, 0.6) is 0 Å². The molecule has 0 radical (unpaired) electrons. The number of amides is 1. The van der Waals surface area contributed by atoms with Gasteiger partial charge in [-0.3, -0.25) is 4.79 Å². The molecule has 1 heterocycles. The van der Waals surface area contributed by atoms with Crippen LogP contribution in [0.2, 0.25) is 5.02 Å². The van der Waals surface area contributed by atoms with Gasteiger partial charge in [-0.1, -0.05) is 24.6 Å². The molecule has 0 spiro atoms. The second-order valence-corrected chi connectivity index (χ2v) is 4.91. The van der Waals surface area contributed by atoms with Crippen LogP contribution in [0.15, 0.2) is 30.5 Å². The number of hydrogen-bond donors (Lipinski definition) is 2. The van der Waals surface area contributed by atoms with Gasteiger partial charge in [0.25, 0.3) is 5.91 Å². The Morgan fingerprint density at radius 1 is 1.50 bits per heavy atom. The molecular formula is C14H17ClN4O. The van der Waals surface area contributed by atoms with E-state index in [9.17, 15) is 4.79 Å². The Hall–Kier alpha value is -1.85. The van der Waals surface area contributed by atoms with E-state index < -0.39 is 5.91 Å². The van der Waals surface area contributed by atoms with Crippen LogP contribution in [0.25, 0.3) is 5.69 Å². The van der Waals surface area contributed by atoms with Gasteiger partial charge in [-0.25, -0.2) is 4.68 Å². The summed E-state index contributed by atoms with van der Waals surface area (Å²) in [5.74, 6) is -0.558. The first-order chi connectivity index (χ1) is 9.52. The van der Waals surface area contributed by atoms with Gasteiger partial charge in [0.1, 0.15) is 5.69 Å². The van der Waals surface area contributed by atoms with Gasteiger partial charge in [0.2, 0.25) is 0 Å². The summed E-state index contributed by atoms with van der Waals surface area (Å²) in [6.45, 7) is 5.02. The van der Waals surface area contributed by atoms with Crippen LogP contribution in [-0.4, -0.2) is 22.2 Å². The maximum absolute atomic E-state index is 11.1. The second-order valence-electron chi connectivity index (χ2n) is 4.50. The summed E-state index contributed by atoms with van der Waals surface area (Å²) in [6.07, 6.45) is 1.66. The van der Waals surface area contributed by atoms with Gasteiger partial charge in [0.15, 0.2) is 0 Å². The zero-order valence-electron chi connectivity index (χ0n) is 11.4. The van der Waals surface area contributed by atoms with Crippen LogP contribution in [0, 0.1) is 0 Å². The molecule has 0 aliphatic rings. The van der Waals surface area contributed by atoms with Gasteiger partial charge in [0, 0.05) is 12.2 Å². The molecule has 0 fully saturated rings. The Balaban J connectivity index is 2.31. The van der Waals surface area contributed by atoms with Gasteiger partial charge in [0.05, 0.1) is 10.7 Å². The van der Waals surface area contributed by atoms with Crippen molar-refractivity contribution in [3.63, 3.8) is 0 Å². The summed E-state index contributed by atoms with van der Waals surface area (Å²) in [5.41, 5.74) is 7.21. The molecule has 0 aliphatic heterocycles. The number of nitrogens with one attached hydrogen (secondary N) is 1. The molecule has 2 rings (SSSR count). The number of aromatic nitrogens is 2. The maximum atomic E-state index is 11.1. The minimum absolute atomic E-state index is 0.214. The van der Waals surface area contributed by atoms with Gasteiger partial charge in [-0.15, -0.1) is 0 Å². The zero-order valence-corrected chi connectivity index (χ0v) is 12.2. The van der Waals surface area contributed by atoms with E-state index in [1.54, 1.807) is 16.9 Å². The Kier molecular flexibility index (Phi) is 4.42. The molecule has 0 bridgehead atoms. The average Bonchev–Trinajstić information content (AvgIpc) is 2.88. The molecular weight excluding hydrogens is 276 g/mol. The van der Waals surface area contributed by atoms with Gasteiger partial charge >= 0.3 is 0 Å². The molecule has 6 heteroatoms. The highest BCUT2D eigenvalue weighted by atomic mass is 35.5. The molecule has 20 heavy (non-hydrogen) atoms. The third-order valence-corrected chi connectivity index (χ3v) is 3.37.